The third-order valence-electron chi connectivity index (χ3n) is 2.89. The summed E-state index contributed by atoms with van der Waals surface area (Å²) in [5.74, 6) is 0.433. The second-order valence-electron chi connectivity index (χ2n) is 4.80. The Balaban J connectivity index is 0.000000241. The maximum absolute atomic E-state index is 12.9. The van der Waals surface area contributed by atoms with Gasteiger partial charge in [-0.15, -0.1) is 0 Å². The monoisotopic (exact) mass is 342 g/mol. The average Bonchev–Trinajstić information content (AvgIpc) is 2.57. The molecule has 2 aromatic rings. The van der Waals surface area contributed by atoms with Crippen molar-refractivity contribution >= 4 is 5.95 Å². The van der Waals surface area contributed by atoms with Gasteiger partial charge in [-0.2, -0.15) is 23.7 Å². The quantitative estimate of drug-likeness (QED) is 0.743. The van der Waals surface area contributed by atoms with Crippen LogP contribution in [0.1, 0.15) is 32.0 Å². The topological polar surface area (TPSA) is 67.7 Å². The van der Waals surface area contributed by atoms with Crippen LogP contribution >= 0.6 is 0 Å². The van der Waals surface area contributed by atoms with Crippen LogP contribution in [0.2, 0.25) is 0 Å². The van der Waals surface area contributed by atoms with Crippen LogP contribution in [0.5, 0.6) is 0 Å². The minimum Gasteiger partial charge on any atom is -0.341 e. The molecule has 1 aliphatic heterocycles. The molecule has 0 saturated carbocycles. The molecule has 0 aliphatic carbocycles. The van der Waals surface area contributed by atoms with Crippen molar-refractivity contribution in [2.45, 2.75) is 33.1 Å². The molecule has 0 aromatic carbocycles. The van der Waals surface area contributed by atoms with Crippen molar-refractivity contribution < 1.29 is 13.2 Å². The Morgan fingerprint density at radius 3 is 2.21 bits per heavy atom. The van der Waals surface area contributed by atoms with E-state index < -0.39 is 12.0 Å². The first-order chi connectivity index (χ1) is 11.6. The predicted octanol–water partition coefficient (Wildman–Crippen LogP) is 2.90. The van der Waals surface area contributed by atoms with Crippen LogP contribution in [0.3, 0.4) is 0 Å². The first kappa shape index (κ1) is 19.7. The van der Waals surface area contributed by atoms with Gasteiger partial charge in [0.2, 0.25) is 11.9 Å². The number of aryl methyl sites for hydroxylation is 1. The average molecular weight is 342 g/mol. The van der Waals surface area contributed by atoms with E-state index in [0.717, 1.165) is 32.3 Å². The van der Waals surface area contributed by atoms with Gasteiger partial charge in [-0.1, -0.05) is 0 Å². The summed E-state index contributed by atoms with van der Waals surface area (Å²) < 4.78 is 34.9. The fourth-order valence-electron chi connectivity index (χ4n) is 1.95. The number of halogens is 3. The Morgan fingerprint density at radius 2 is 1.75 bits per heavy atom. The predicted molar refractivity (Wildman–Crippen MR) is 84.2 cm³/mol. The molecule has 0 radical (unpaired) electrons. The van der Waals surface area contributed by atoms with Crippen LogP contribution < -0.4 is 4.90 Å². The Hall–Kier alpha value is -2.32. The lowest BCUT2D eigenvalue weighted by Gasteiger charge is -2.26. The van der Waals surface area contributed by atoms with Crippen molar-refractivity contribution in [2.75, 3.05) is 24.7 Å². The molecule has 9 heteroatoms. The summed E-state index contributed by atoms with van der Waals surface area (Å²) in [7, 11) is 0. The Labute approximate surface area is 139 Å². The zero-order chi connectivity index (χ0) is 17.8. The molecule has 6 nitrogen and oxygen atoms in total. The maximum atomic E-state index is 12.9. The lowest BCUT2D eigenvalue weighted by atomic mass is 10.1. The van der Waals surface area contributed by atoms with Crippen molar-refractivity contribution in [3.05, 3.63) is 36.4 Å². The van der Waals surface area contributed by atoms with Crippen LogP contribution in [-0.2, 0) is 0 Å². The lowest BCUT2D eigenvalue weighted by Crippen LogP contribution is -2.31. The van der Waals surface area contributed by atoms with Crippen molar-refractivity contribution in [3.63, 3.8) is 0 Å². The van der Waals surface area contributed by atoms with E-state index in [1.807, 2.05) is 4.90 Å². The molecule has 0 atom stereocenters. The molecule has 0 N–H and O–H groups in total. The molecule has 1 aliphatic rings. The number of alkyl halides is 1. The number of anilines is 1. The van der Waals surface area contributed by atoms with E-state index in [2.05, 4.69) is 24.9 Å². The van der Waals surface area contributed by atoms with Crippen molar-refractivity contribution in [1.29, 1.82) is 0 Å². The summed E-state index contributed by atoms with van der Waals surface area (Å²) in [6, 6.07) is 1.19. The van der Waals surface area contributed by atoms with Crippen molar-refractivity contribution in [1.82, 2.24) is 24.9 Å². The smallest absolute Gasteiger partial charge is 0.313 e. The molecular weight excluding hydrogens is 321 g/mol. The van der Waals surface area contributed by atoms with Crippen LogP contribution in [0.25, 0.3) is 0 Å². The van der Waals surface area contributed by atoms with E-state index >= 15 is 0 Å². The fourth-order valence-corrected chi connectivity index (χ4v) is 1.95. The molecule has 0 bridgehead atoms. The Kier molecular flexibility index (Phi) is 9.25. The number of piperidine rings is 1. The largest absolute Gasteiger partial charge is 0.341 e. The highest BCUT2D eigenvalue weighted by Gasteiger charge is 2.14. The molecular formula is C15H21F3N6. The highest BCUT2D eigenvalue weighted by molar-refractivity contribution is 5.28. The van der Waals surface area contributed by atoms with Crippen molar-refractivity contribution in [3.8, 4) is 0 Å². The normalized spacial score (nSPS) is 13.3. The third-order valence-corrected chi connectivity index (χ3v) is 2.89. The fraction of sp³-hybridized carbons (Fsp3) is 0.533. The molecule has 132 valence electrons. The van der Waals surface area contributed by atoms with Gasteiger partial charge < -0.3 is 4.90 Å². The summed E-state index contributed by atoms with van der Waals surface area (Å²) in [4.78, 5) is 20.0. The minimum absolute atomic E-state index is 0.250. The first-order valence-corrected chi connectivity index (χ1v) is 7.67. The van der Waals surface area contributed by atoms with Gasteiger partial charge in [0.15, 0.2) is 0 Å². The number of hydrogen-bond acceptors (Lipinski definition) is 6. The van der Waals surface area contributed by atoms with Crippen LogP contribution in [-0.4, -0.2) is 44.7 Å². The second-order valence-corrected chi connectivity index (χ2v) is 4.80. The molecule has 3 heterocycles. The van der Waals surface area contributed by atoms with Gasteiger partial charge in [-0.3, -0.25) is 4.39 Å². The maximum Gasteiger partial charge on any atom is 0.313 e. The van der Waals surface area contributed by atoms with E-state index in [0.29, 0.717) is 11.8 Å². The SMILES string of the molecule is CCF.Cc1nc(F)nc(N2CCCCC2)n1.Fc1ccncn1. The molecule has 0 spiro atoms. The van der Waals surface area contributed by atoms with E-state index in [4.69, 9.17) is 0 Å². The van der Waals surface area contributed by atoms with Gasteiger partial charge in [-0.05, 0) is 33.1 Å². The van der Waals surface area contributed by atoms with Gasteiger partial charge in [-0.25, -0.2) is 9.97 Å². The molecule has 24 heavy (non-hydrogen) atoms. The summed E-state index contributed by atoms with van der Waals surface area (Å²) >= 11 is 0. The summed E-state index contributed by atoms with van der Waals surface area (Å²) in [5.41, 5.74) is 0. The van der Waals surface area contributed by atoms with Crippen molar-refractivity contribution in [2.24, 2.45) is 0 Å². The van der Waals surface area contributed by atoms with Gasteiger partial charge in [0, 0.05) is 25.4 Å². The van der Waals surface area contributed by atoms with E-state index in [1.54, 1.807) is 6.92 Å². The zero-order valence-electron chi connectivity index (χ0n) is 13.8. The second kappa shape index (κ2) is 11.3. The third kappa shape index (κ3) is 7.80. The van der Waals surface area contributed by atoms with E-state index in [1.165, 1.54) is 25.6 Å². The molecule has 1 fully saturated rings. The first-order valence-electron chi connectivity index (χ1n) is 7.67. The van der Waals surface area contributed by atoms with Gasteiger partial charge in [0.1, 0.15) is 12.2 Å². The Bertz CT molecular complexity index is 558. The summed E-state index contributed by atoms with van der Waals surface area (Å²) in [6.07, 6.45) is 5.33. The highest BCUT2D eigenvalue weighted by atomic mass is 19.1. The summed E-state index contributed by atoms with van der Waals surface area (Å²) in [6.45, 7) is 4.73. The van der Waals surface area contributed by atoms with Gasteiger partial charge in [0.05, 0.1) is 6.67 Å². The molecule has 2 aromatic heterocycles. The Morgan fingerprint density at radius 1 is 1.08 bits per heavy atom. The molecule has 3 rings (SSSR count). The van der Waals surface area contributed by atoms with Crippen LogP contribution in [0.4, 0.5) is 19.1 Å². The standard InChI is InChI=1S/C9H13FN4.C4H3FN2.C2H5F/c1-7-11-8(10)13-9(12-7)14-5-3-2-4-6-14;5-4-1-2-6-3-7-4;1-2-3/h2-6H2,1H3;1-3H;2H2,1H3. The number of rotatable bonds is 1. The summed E-state index contributed by atoms with van der Waals surface area (Å²) in [5, 5.41) is 0. The lowest BCUT2D eigenvalue weighted by molar-refractivity contribution is 0.512. The van der Waals surface area contributed by atoms with Crippen LogP contribution in [0, 0.1) is 18.9 Å². The van der Waals surface area contributed by atoms with Gasteiger partial charge in [0.25, 0.3) is 0 Å². The molecule has 1 saturated heterocycles. The molecule has 0 amide bonds. The highest BCUT2D eigenvalue weighted by Crippen LogP contribution is 2.15. The molecule has 0 unspecified atom stereocenters. The zero-order valence-corrected chi connectivity index (χ0v) is 13.8. The van der Waals surface area contributed by atoms with Crippen LogP contribution in [0.15, 0.2) is 18.6 Å². The van der Waals surface area contributed by atoms with Gasteiger partial charge >= 0.3 is 6.08 Å². The minimum atomic E-state index is -0.682. The van der Waals surface area contributed by atoms with E-state index in [9.17, 15) is 13.2 Å². The van der Waals surface area contributed by atoms with E-state index in [-0.39, 0.29) is 6.67 Å². The number of aromatic nitrogens is 5. The number of nitrogens with zero attached hydrogens (tertiary/aromatic N) is 6. The number of hydrogen-bond donors (Lipinski definition) is 0.